The Morgan fingerprint density at radius 1 is 1.30 bits per heavy atom. The van der Waals surface area contributed by atoms with Crippen molar-refractivity contribution in [2.24, 2.45) is 17.3 Å². The quantitative estimate of drug-likeness (QED) is 0.788. The summed E-state index contributed by atoms with van der Waals surface area (Å²) in [6, 6.07) is 9.31. The molecule has 2 aliphatic rings. The van der Waals surface area contributed by atoms with Gasteiger partial charge >= 0.3 is 0 Å². The zero-order valence-corrected chi connectivity index (χ0v) is 13.7. The number of piperidine rings is 1. The Bertz CT molecular complexity index is 664. The van der Waals surface area contributed by atoms with E-state index >= 15 is 0 Å². The van der Waals surface area contributed by atoms with Gasteiger partial charge in [-0.25, -0.2) is 6.57 Å². The fourth-order valence-corrected chi connectivity index (χ4v) is 4.34. The van der Waals surface area contributed by atoms with E-state index in [2.05, 4.69) is 4.85 Å². The lowest BCUT2D eigenvalue weighted by Gasteiger charge is -2.49. The predicted molar refractivity (Wildman–Crippen MR) is 87.3 cm³/mol. The molecule has 0 aromatic heterocycles. The zero-order valence-electron chi connectivity index (χ0n) is 13.7. The van der Waals surface area contributed by atoms with Crippen molar-refractivity contribution in [3.63, 3.8) is 0 Å². The van der Waals surface area contributed by atoms with Gasteiger partial charge in [0.1, 0.15) is 0 Å². The van der Waals surface area contributed by atoms with Gasteiger partial charge < -0.3 is 9.74 Å². The van der Waals surface area contributed by atoms with Gasteiger partial charge in [-0.15, -0.1) is 0 Å². The van der Waals surface area contributed by atoms with Crippen LogP contribution in [-0.4, -0.2) is 29.2 Å². The Morgan fingerprint density at radius 3 is 2.65 bits per heavy atom. The first-order chi connectivity index (χ1) is 11.0. The molecule has 0 N–H and O–H groups in total. The van der Waals surface area contributed by atoms with E-state index in [0.717, 1.165) is 12.0 Å². The molecule has 120 valence electrons. The van der Waals surface area contributed by atoms with Crippen molar-refractivity contribution in [1.29, 1.82) is 0 Å². The van der Waals surface area contributed by atoms with Crippen LogP contribution in [0.15, 0.2) is 30.3 Å². The number of Topliss-reactive ketones (excluding diaryl/α,β-unsaturated/α-hetero) is 1. The number of hydrogen-bond acceptors (Lipinski definition) is 2. The van der Waals surface area contributed by atoms with Gasteiger partial charge in [-0.05, 0) is 17.9 Å². The lowest BCUT2D eigenvalue weighted by Crippen LogP contribution is -2.59. The zero-order chi connectivity index (χ0) is 16.6. The molecule has 2 fully saturated rings. The average Bonchev–Trinajstić information content (AvgIpc) is 2.56. The van der Waals surface area contributed by atoms with Crippen LogP contribution in [0.3, 0.4) is 0 Å². The van der Waals surface area contributed by atoms with E-state index in [4.69, 9.17) is 6.57 Å². The molecule has 4 heteroatoms. The first-order valence-electron chi connectivity index (χ1n) is 8.21. The van der Waals surface area contributed by atoms with Crippen molar-refractivity contribution >= 4 is 11.7 Å². The summed E-state index contributed by atoms with van der Waals surface area (Å²) in [4.78, 5) is 30.8. The topological polar surface area (TPSA) is 41.7 Å². The lowest BCUT2D eigenvalue weighted by atomic mass is 9.58. The van der Waals surface area contributed by atoms with Gasteiger partial charge in [-0.2, -0.15) is 0 Å². The Balaban J connectivity index is 1.85. The summed E-state index contributed by atoms with van der Waals surface area (Å²) >= 11 is 0. The predicted octanol–water partition coefficient (Wildman–Crippen LogP) is 2.94. The van der Waals surface area contributed by atoms with Crippen LogP contribution in [-0.2, 0) is 16.1 Å². The van der Waals surface area contributed by atoms with Gasteiger partial charge in [-0.3, -0.25) is 9.59 Å². The van der Waals surface area contributed by atoms with Crippen LogP contribution in [0, 0.1) is 23.8 Å². The molecule has 4 unspecified atom stereocenters. The summed E-state index contributed by atoms with van der Waals surface area (Å²) in [6.07, 6.45) is 1.21. The Morgan fingerprint density at radius 2 is 2.00 bits per heavy atom. The average molecular weight is 310 g/mol. The molecule has 4 nitrogen and oxygen atoms in total. The monoisotopic (exact) mass is 310 g/mol. The van der Waals surface area contributed by atoms with E-state index in [1.54, 1.807) is 0 Å². The minimum atomic E-state index is -0.660. The number of carbonyl (C=O) groups is 2. The van der Waals surface area contributed by atoms with E-state index in [9.17, 15) is 9.59 Å². The maximum absolute atomic E-state index is 13.1. The van der Waals surface area contributed by atoms with Gasteiger partial charge in [-0.1, -0.05) is 44.2 Å². The van der Waals surface area contributed by atoms with Crippen molar-refractivity contribution in [1.82, 2.24) is 4.90 Å². The van der Waals surface area contributed by atoms with Crippen molar-refractivity contribution in [2.45, 2.75) is 39.3 Å². The van der Waals surface area contributed by atoms with Crippen LogP contribution in [0.5, 0.6) is 0 Å². The molecule has 4 atom stereocenters. The van der Waals surface area contributed by atoms with Crippen LogP contribution >= 0.6 is 0 Å². The summed E-state index contributed by atoms with van der Waals surface area (Å²) < 4.78 is 0. The molecule has 1 aliphatic heterocycles. The van der Waals surface area contributed by atoms with Gasteiger partial charge in [0.15, 0.2) is 0 Å². The molecule has 1 saturated heterocycles. The Labute approximate surface area is 137 Å². The Kier molecular flexibility index (Phi) is 3.97. The second kappa shape index (κ2) is 5.81. The third kappa shape index (κ3) is 2.55. The standard InChI is InChI=1S/C19H22N2O2/c1-13-15-9-10-21(12-14-7-5-4-6-8-14)18(23)19(15,2)11-16(20-3)17(13)22/h4-8,13,15-16H,9-12H2,1-2H3. The second-order valence-corrected chi connectivity index (χ2v) is 7.07. The number of hydrogen-bond donors (Lipinski definition) is 0. The molecule has 1 aliphatic carbocycles. The third-order valence-corrected chi connectivity index (χ3v) is 5.67. The third-order valence-electron chi connectivity index (χ3n) is 5.67. The van der Waals surface area contributed by atoms with Gasteiger partial charge in [0, 0.05) is 25.4 Å². The molecule has 1 amide bonds. The summed E-state index contributed by atoms with van der Waals surface area (Å²) in [5, 5.41) is 0. The number of rotatable bonds is 2. The fraction of sp³-hybridized carbons (Fsp3) is 0.526. The van der Waals surface area contributed by atoms with E-state index in [1.807, 2.05) is 49.1 Å². The normalized spacial score (nSPS) is 34.0. The molecule has 1 heterocycles. The van der Waals surface area contributed by atoms with Crippen molar-refractivity contribution in [2.75, 3.05) is 6.54 Å². The number of ketones is 1. The van der Waals surface area contributed by atoms with Crippen molar-refractivity contribution in [3.05, 3.63) is 47.3 Å². The summed E-state index contributed by atoms with van der Waals surface area (Å²) in [6.45, 7) is 12.4. The number of carbonyl (C=O) groups excluding carboxylic acids is 2. The van der Waals surface area contributed by atoms with Gasteiger partial charge in [0.2, 0.25) is 11.7 Å². The van der Waals surface area contributed by atoms with Crippen LogP contribution in [0.25, 0.3) is 4.85 Å². The first-order valence-corrected chi connectivity index (χ1v) is 8.21. The largest absolute Gasteiger partial charge is 0.338 e. The van der Waals surface area contributed by atoms with E-state index in [1.165, 1.54) is 0 Å². The Hall–Kier alpha value is -2.15. The molecule has 23 heavy (non-hydrogen) atoms. The van der Waals surface area contributed by atoms with Crippen LogP contribution in [0.2, 0.25) is 0 Å². The van der Waals surface area contributed by atoms with Crippen LogP contribution in [0.4, 0.5) is 0 Å². The lowest BCUT2D eigenvalue weighted by molar-refractivity contribution is -0.159. The minimum Gasteiger partial charge on any atom is -0.338 e. The highest BCUT2D eigenvalue weighted by Gasteiger charge is 2.58. The molecule has 1 aromatic carbocycles. The molecule has 1 aromatic rings. The minimum absolute atomic E-state index is 0.0202. The number of nitrogens with zero attached hydrogens (tertiary/aromatic N) is 2. The smallest absolute Gasteiger partial charge is 0.282 e. The van der Waals surface area contributed by atoms with Crippen LogP contribution in [0.1, 0.15) is 32.3 Å². The van der Waals surface area contributed by atoms with Crippen LogP contribution < -0.4 is 0 Å². The number of fused-ring (bicyclic) bond motifs is 1. The highest BCUT2D eigenvalue weighted by molar-refractivity contribution is 5.93. The number of likely N-dealkylation sites (tertiary alicyclic amines) is 1. The molecule has 0 radical (unpaired) electrons. The molecule has 0 spiro atoms. The highest BCUT2D eigenvalue weighted by Crippen LogP contribution is 2.49. The maximum Gasteiger partial charge on any atom is 0.282 e. The molecule has 1 saturated carbocycles. The highest BCUT2D eigenvalue weighted by atomic mass is 16.2. The van der Waals surface area contributed by atoms with Gasteiger partial charge in [0.05, 0.1) is 5.41 Å². The molecule has 0 bridgehead atoms. The summed E-state index contributed by atoms with van der Waals surface area (Å²) in [5.41, 5.74) is 0.528. The van der Waals surface area contributed by atoms with E-state index in [0.29, 0.717) is 19.5 Å². The summed E-state index contributed by atoms with van der Waals surface area (Å²) in [5.74, 6) is -0.0133. The van der Waals surface area contributed by atoms with Crippen molar-refractivity contribution in [3.8, 4) is 0 Å². The maximum atomic E-state index is 13.1. The second-order valence-electron chi connectivity index (χ2n) is 7.07. The molecular weight excluding hydrogens is 288 g/mol. The molecular formula is C19H22N2O2. The number of amides is 1. The fourth-order valence-electron chi connectivity index (χ4n) is 4.34. The number of benzene rings is 1. The summed E-state index contributed by atoms with van der Waals surface area (Å²) in [7, 11) is 0. The SMILES string of the molecule is [C-]#[N+]C1CC2(C)C(=O)N(Cc3ccccc3)CCC2C(C)C1=O. The van der Waals surface area contributed by atoms with Crippen molar-refractivity contribution < 1.29 is 9.59 Å². The van der Waals surface area contributed by atoms with E-state index < -0.39 is 11.5 Å². The molecule has 3 rings (SSSR count). The van der Waals surface area contributed by atoms with Gasteiger partial charge in [0.25, 0.3) is 6.04 Å². The first kappa shape index (κ1) is 15.7. The van der Waals surface area contributed by atoms with E-state index in [-0.39, 0.29) is 23.5 Å².